The molecule has 0 bridgehead atoms. The van der Waals surface area contributed by atoms with Crippen LogP contribution in [0.15, 0.2) is 41.3 Å². The first-order valence-corrected chi connectivity index (χ1v) is 14.1. The fraction of sp³-hybridized carbons (Fsp3) is 0.481. The van der Waals surface area contributed by atoms with Crippen molar-refractivity contribution in [2.75, 3.05) is 48.8 Å². The second-order valence-corrected chi connectivity index (χ2v) is 12.8. The minimum Gasteiger partial charge on any atom is -0.447 e. The van der Waals surface area contributed by atoms with Gasteiger partial charge in [-0.15, -0.1) is 0 Å². The highest BCUT2D eigenvalue weighted by molar-refractivity contribution is 7.90. The van der Waals surface area contributed by atoms with Crippen LogP contribution in [-0.4, -0.2) is 70.4 Å². The number of carbonyl (C=O) groups excluding carboxylic acids is 2. The number of rotatable bonds is 4. The number of nitrogens with zero attached hydrogens (tertiary/aromatic N) is 3. The van der Waals surface area contributed by atoms with Crippen LogP contribution >= 0.6 is 0 Å². The number of hydrogen-bond acceptors (Lipinski definition) is 6. The number of ether oxygens (including phenoxy) is 1. The number of cyclic esters (lactones) is 1. The number of aryl methyl sites for hydroxylation is 2. The number of hydrogen-bond donors (Lipinski definition) is 0. The van der Waals surface area contributed by atoms with E-state index >= 15 is 0 Å². The Morgan fingerprint density at radius 3 is 2.25 bits per heavy atom. The highest BCUT2D eigenvalue weighted by Gasteiger charge is 2.42. The summed E-state index contributed by atoms with van der Waals surface area (Å²) in [5.41, 5.74) is 3.81. The van der Waals surface area contributed by atoms with E-state index in [0.29, 0.717) is 31.9 Å². The maximum Gasteiger partial charge on any atom is 0.414 e. The Bertz CT molecular complexity index is 1290. The Morgan fingerprint density at radius 2 is 1.67 bits per heavy atom. The Hall–Kier alpha value is -3.07. The van der Waals surface area contributed by atoms with E-state index < -0.39 is 15.9 Å². The van der Waals surface area contributed by atoms with Gasteiger partial charge < -0.3 is 14.5 Å². The topological polar surface area (TPSA) is 87.2 Å². The summed E-state index contributed by atoms with van der Waals surface area (Å²) in [5, 5.41) is 0. The van der Waals surface area contributed by atoms with Gasteiger partial charge in [0.1, 0.15) is 6.61 Å². The Morgan fingerprint density at radius 1 is 1.00 bits per heavy atom. The molecule has 2 amide bonds. The van der Waals surface area contributed by atoms with Gasteiger partial charge in [-0.05, 0) is 49.1 Å². The lowest BCUT2D eigenvalue weighted by Crippen LogP contribution is -2.49. The maximum absolute atomic E-state index is 13.5. The molecule has 0 saturated carbocycles. The second-order valence-electron chi connectivity index (χ2n) is 10.9. The zero-order valence-electron chi connectivity index (χ0n) is 21.9. The summed E-state index contributed by atoms with van der Waals surface area (Å²) in [7, 11) is -3.74. The standard InChI is InChI=1S/C27H35N3O5S/c1-18-7-10-22(19(2)15-18)28-11-13-29(14-12-28)25(31)21-9-8-20(16-23(21)36(6,33)34)30-24(27(3,4)5)17-35-26(30)32/h7-10,15-16,24H,11-14,17H2,1-6H3. The number of piperazine rings is 1. The van der Waals surface area contributed by atoms with E-state index in [1.54, 1.807) is 11.0 Å². The lowest BCUT2D eigenvalue weighted by molar-refractivity contribution is 0.0743. The summed E-state index contributed by atoms with van der Waals surface area (Å²) < 4.78 is 30.8. The van der Waals surface area contributed by atoms with E-state index in [1.165, 1.54) is 28.2 Å². The molecule has 194 valence electrons. The fourth-order valence-electron chi connectivity index (χ4n) is 4.97. The SMILES string of the molecule is Cc1ccc(N2CCN(C(=O)c3ccc(N4C(=O)OCC4C(C)(C)C)cc3S(C)(=O)=O)CC2)c(C)c1. The molecule has 36 heavy (non-hydrogen) atoms. The minimum absolute atomic E-state index is 0.0748. The first-order valence-electron chi connectivity index (χ1n) is 12.2. The van der Waals surface area contributed by atoms with Crippen LogP contribution < -0.4 is 9.80 Å². The molecule has 9 heteroatoms. The molecule has 1 unspecified atom stereocenters. The van der Waals surface area contributed by atoms with Crippen molar-refractivity contribution in [2.45, 2.75) is 45.6 Å². The highest BCUT2D eigenvalue weighted by Crippen LogP contribution is 2.35. The first-order chi connectivity index (χ1) is 16.8. The quantitative estimate of drug-likeness (QED) is 0.613. The fourth-order valence-corrected chi connectivity index (χ4v) is 5.86. The van der Waals surface area contributed by atoms with Gasteiger partial charge in [-0.1, -0.05) is 38.5 Å². The Kier molecular flexibility index (Phi) is 6.81. The second kappa shape index (κ2) is 9.42. The summed E-state index contributed by atoms with van der Waals surface area (Å²) in [4.78, 5) is 31.4. The summed E-state index contributed by atoms with van der Waals surface area (Å²) in [6, 6.07) is 10.7. The lowest BCUT2D eigenvalue weighted by Gasteiger charge is -2.37. The number of amides is 2. The van der Waals surface area contributed by atoms with E-state index in [2.05, 4.69) is 36.9 Å². The zero-order valence-corrected chi connectivity index (χ0v) is 22.7. The van der Waals surface area contributed by atoms with Crippen LogP contribution in [0.1, 0.15) is 42.3 Å². The number of benzene rings is 2. The van der Waals surface area contributed by atoms with Gasteiger partial charge >= 0.3 is 6.09 Å². The predicted molar refractivity (Wildman–Crippen MR) is 141 cm³/mol. The van der Waals surface area contributed by atoms with Crippen LogP contribution in [0.2, 0.25) is 0 Å². The average molecular weight is 514 g/mol. The smallest absolute Gasteiger partial charge is 0.414 e. The van der Waals surface area contributed by atoms with Crippen molar-refractivity contribution in [1.82, 2.24) is 4.90 Å². The minimum atomic E-state index is -3.74. The van der Waals surface area contributed by atoms with Gasteiger partial charge in [0.05, 0.1) is 16.5 Å². The van der Waals surface area contributed by atoms with Crippen LogP contribution in [0.3, 0.4) is 0 Å². The number of sulfone groups is 1. The molecular formula is C27H35N3O5S. The lowest BCUT2D eigenvalue weighted by atomic mass is 9.86. The van der Waals surface area contributed by atoms with Crippen molar-refractivity contribution < 1.29 is 22.7 Å². The third-order valence-electron chi connectivity index (χ3n) is 7.01. The molecule has 2 heterocycles. The molecule has 2 aliphatic rings. The van der Waals surface area contributed by atoms with Crippen molar-refractivity contribution in [3.8, 4) is 0 Å². The molecule has 8 nitrogen and oxygen atoms in total. The van der Waals surface area contributed by atoms with Gasteiger partial charge in [0.15, 0.2) is 9.84 Å². The molecule has 0 radical (unpaired) electrons. The summed E-state index contributed by atoms with van der Waals surface area (Å²) in [5.74, 6) is -0.321. The van der Waals surface area contributed by atoms with Gasteiger partial charge in [-0.3, -0.25) is 9.69 Å². The molecule has 2 aliphatic heterocycles. The summed E-state index contributed by atoms with van der Waals surface area (Å²) >= 11 is 0. The molecule has 1 atom stereocenters. The largest absolute Gasteiger partial charge is 0.447 e. The van der Waals surface area contributed by atoms with Gasteiger partial charge in [-0.25, -0.2) is 13.2 Å². The molecule has 2 saturated heterocycles. The average Bonchev–Trinajstić information content (AvgIpc) is 3.20. The molecule has 2 fully saturated rings. The van der Waals surface area contributed by atoms with Crippen LogP contribution in [0.5, 0.6) is 0 Å². The van der Waals surface area contributed by atoms with Gasteiger partial charge in [0.25, 0.3) is 5.91 Å². The number of carbonyl (C=O) groups is 2. The Labute approximate surface area is 213 Å². The van der Waals surface area contributed by atoms with Gasteiger partial charge in [-0.2, -0.15) is 0 Å². The molecule has 2 aromatic carbocycles. The van der Waals surface area contributed by atoms with Crippen molar-refractivity contribution in [2.24, 2.45) is 5.41 Å². The van der Waals surface area contributed by atoms with Crippen molar-refractivity contribution >= 4 is 33.2 Å². The van der Waals surface area contributed by atoms with E-state index in [4.69, 9.17) is 4.74 Å². The van der Waals surface area contributed by atoms with Gasteiger partial charge in [0.2, 0.25) is 0 Å². The van der Waals surface area contributed by atoms with Crippen molar-refractivity contribution in [1.29, 1.82) is 0 Å². The van der Waals surface area contributed by atoms with Gasteiger partial charge in [0, 0.05) is 43.8 Å². The highest BCUT2D eigenvalue weighted by atomic mass is 32.2. The van der Waals surface area contributed by atoms with E-state index in [-0.39, 0.29) is 34.4 Å². The van der Waals surface area contributed by atoms with Crippen molar-refractivity contribution in [3.05, 3.63) is 53.1 Å². The third-order valence-corrected chi connectivity index (χ3v) is 8.14. The summed E-state index contributed by atoms with van der Waals surface area (Å²) in [6.07, 6.45) is 0.570. The van der Waals surface area contributed by atoms with E-state index in [1.807, 2.05) is 20.8 Å². The third kappa shape index (κ3) is 5.07. The van der Waals surface area contributed by atoms with Crippen LogP contribution in [0.25, 0.3) is 0 Å². The van der Waals surface area contributed by atoms with Crippen molar-refractivity contribution in [3.63, 3.8) is 0 Å². The van der Waals surface area contributed by atoms with Crippen LogP contribution in [0, 0.1) is 19.3 Å². The molecule has 4 rings (SSSR count). The molecule has 0 aromatic heterocycles. The Balaban J connectivity index is 1.59. The van der Waals surface area contributed by atoms with E-state index in [0.717, 1.165) is 11.9 Å². The normalized spacial score (nSPS) is 19.0. The maximum atomic E-state index is 13.5. The molecule has 0 spiro atoms. The molecular weight excluding hydrogens is 478 g/mol. The molecule has 0 aliphatic carbocycles. The molecule has 0 N–H and O–H groups in total. The molecule has 2 aromatic rings. The van der Waals surface area contributed by atoms with E-state index in [9.17, 15) is 18.0 Å². The van der Waals surface area contributed by atoms with Crippen LogP contribution in [0.4, 0.5) is 16.2 Å². The summed E-state index contributed by atoms with van der Waals surface area (Å²) in [6.45, 7) is 12.7. The predicted octanol–water partition coefficient (Wildman–Crippen LogP) is 4.04. The van der Waals surface area contributed by atoms with Crippen LogP contribution in [-0.2, 0) is 14.6 Å². The first kappa shape index (κ1) is 26.0. The number of anilines is 2. The zero-order chi connectivity index (χ0) is 26.4. The monoisotopic (exact) mass is 513 g/mol.